The Labute approximate surface area is 144 Å². The van der Waals surface area contributed by atoms with Crippen molar-refractivity contribution in [1.29, 1.82) is 0 Å². The number of nitrogens with one attached hydrogen (secondary N) is 1. The van der Waals surface area contributed by atoms with E-state index in [0.717, 1.165) is 21.5 Å². The van der Waals surface area contributed by atoms with E-state index in [4.69, 9.17) is 0 Å². The van der Waals surface area contributed by atoms with Crippen LogP contribution < -0.4 is 16.6 Å². The van der Waals surface area contributed by atoms with Crippen LogP contribution in [0.25, 0.3) is 0 Å². The highest BCUT2D eigenvalue weighted by Crippen LogP contribution is 2.16. The molecule has 1 aromatic heterocycles. The normalized spacial score (nSPS) is 12.6. The average Bonchev–Trinajstić information content (AvgIpc) is 2.55. The fourth-order valence-corrected chi connectivity index (χ4v) is 2.94. The van der Waals surface area contributed by atoms with Crippen LogP contribution in [0.3, 0.4) is 0 Å². The van der Waals surface area contributed by atoms with E-state index in [2.05, 4.69) is 5.32 Å². The Balaban J connectivity index is 2.27. The molecule has 0 aliphatic heterocycles. The van der Waals surface area contributed by atoms with Crippen molar-refractivity contribution in [3.63, 3.8) is 0 Å². The Morgan fingerprint density at radius 2 is 1.64 bits per heavy atom. The molecule has 1 unspecified atom stereocenters. The van der Waals surface area contributed by atoms with Crippen LogP contribution in [0, 0.1) is 0 Å². The number of aromatic nitrogens is 2. The number of rotatable bonds is 4. The molecule has 0 aliphatic rings. The van der Waals surface area contributed by atoms with Gasteiger partial charge in [0, 0.05) is 26.4 Å². The van der Waals surface area contributed by atoms with Crippen molar-refractivity contribution in [2.24, 2.45) is 14.1 Å². The van der Waals surface area contributed by atoms with Crippen molar-refractivity contribution in [3.05, 3.63) is 62.4 Å². The summed E-state index contributed by atoms with van der Waals surface area (Å²) in [6.07, 6.45) is 1.11. The summed E-state index contributed by atoms with van der Waals surface area (Å²) in [7, 11) is -0.556. The van der Waals surface area contributed by atoms with E-state index >= 15 is 0 Å². The number of carbonyl (C=O) groups is 1. The first kappa shape index (κ1) is 18.7. The van der Waals surface area contributed by atoms with E-state index in [1.165, 1.54) is 26.2 Å². The second-order valence-electron chi connectivity index (χ2n) is 5.80. The molecule has 0 saturated heterocycles. The van der Waals surface area contributed by atoms with Gasteiger partial charge in [-0.15, -0.1) is 0 Å². The summed E-state index contributed by atoms with van der Waals surface area (Å²) in [4.78, 5) is 36.2. The molecule has 1 amide bonds. The summed E-state index contributed by atoms with van der Waals surface area (Å²) in [5.74, 6) is -0.572. The first-order chi connectivity index (χ1) is 11.5. The first-order valence-electron chi connectivity index (χ1n) is 7.40. The van der Waals surface area contributed by atoms with Crippen LogP contribution in [0.2, 0.25) is 0 Å². The molecule has 8 nitrogen and oxygen atoms in total. The summed E-state index contributed by atoms with van der Waals surface area (Å²) in [6.45, 7) is 1.71. The van der Waals surface area contributed by atoms with Gasteiger partial charge >= 0.3 is 5.69 Å². The minimum atomic E-state index is -3.29. The topological polar surface area (TPSA) is 107 Å². The molecular weight excluding hydrogens is 346 g/mol. The highest BCUT2D eigenvalue weighted by molar-refractivity contribution is 7.90. The molecule has 0 radical (unpaired) electrons. The van der Waals surface area contributed by atoms with Crippen LogP contribution in [0.15, 0.2) is 44.8 Å². The number of carbonyl (C=O) groups excluding carboxylic acids is 1. The van der Waals surface area contributed by atoms with Gasteiger partial charge in [0.2, 0.25) is 0 Å². The third-order valence-corrected chi connectivity index (χ3v) is 5.04. The van der Waals surface area contributed by atoms with Crippen molar-refractivity contribution in [1.82, 2.24) is 14.5 Å². The predicted molar refractivity (Wildman–Crippen MR) is 92.4 cm³/mol. The molecule has 1 aromatic carbocycles. The van der Waals surface area contributed by atoms with E-state index in [1.54, 1.807) is 19.1 Å². The van der Waals surface area contributed by atoms with Crippen LogP contribution in [0.4, 0.5) is 0 Å². The summed E-state index contributed by atoms with van der Waals surface area (Å²) in [5.41, 5.74) is -0.525. The standard InChI is InChI=1S/C16H19N3O5S/c1-10(11-5-7-12(8-6-11)25(4,23)24)17-15(21)13-9-14(20)19(3)16(22)18(13)2/h5-10H,1-4H3,(H,17,21). The summed E-state index contributed by atoms with van der Waals surface area (Å²) in [5, 5.41) is 2.69. The molecule has 9 heteroatoms. The largest absolute Gasteiger partial charge is 0.344 e. The SMILES string of the molecule is CC(NC(=O)c1cc(=O)n(C)c(=O)n1C)c1ccc(S(C)(=O)=O)cc1. The van der Waals surface area contributed by atoms with Crippen molar-refractivity contribution < 1.29 is 13.2 Å². The van der Waals surface area contributed by atoms with Crippen LogP contribution >= 0.6 is 0 Å². The number of sulfone groups is 1. The minimum absolute atomic E-state index is 0.0484. The van der Waals surface area contributed by atoms with Crippen molar-refractivity contribution in [2.45, 2.75) is 17.9 Å². The van der Waals surface area contributed by atoms with Crippen LogP contribution in [-0.2, 0) is 23.9 Å². The van der Waals surface area contributed by atoms with Gasteiger partial charge in [-0.1, -0.05) is 12.1 Å². The van der Waals surface area contributed by atoms with Gasteiger partial charge in [0.15, 0.2) is 9.84 Å². The van der Waals surface area contributed by atoms with E-state index in [1.807, 2.05) is 0 Å². The third kappa shape index (κ3) is 3.87. The van der Waals surface area contributed by atoms with Gasteiger partial charge in [-0.2, -0.15) is 0 Å². The molecule has 2 aromatic rings. The molecule has 134 valence electrons. The van der Waals surface area contributed by atoms with Crippen LogP contribution in [-0.4, -0.2) is 29.7 Å². The molecule has 25 heavy (non-hydrogen) atoms. The number of nitrogens with zero attached hydrogens (tertiary/aromatic N) is 2. The van der Waals surface area contributed by atoms with E-state index in [9.17, 15) is 22.8 Å². The lowest BCUT2D eigenvalue weighted by Crippen LogP contribution is -2.41. The highest BCUT2D eigenvalue weighted by Gasteiger charge is 2.17. The molecule has 0 saturated carbocycles. The third-order valence-electron chi connectivity index (χ3n) is 3.91. The van der Waals surface area contributed by atoms with Crippen molar-refractivity contribution >= 4 is 15.7 Å². The Hall–Kier alpha value is -2.68. The average molecular weight is 365 g/mol. The number of hydrogen-bond donors (Lipinski definition) is 1. The zero-order chi connectivity index (χ0) is 18.9. The van der Waals surface area contributed by atoms with E-state index < -0.39 is 33.0 Å². The van der Waals surface area contributed by atoms with Gasteiger partial charge in [-0.3, -0.25) is 18.7 Å². The fraction of sp³-hybridized carbons (Fsp3) is 0.312. The van der Waals surface area contributed by atoms with Gasteiger partial charge in [0.05, 0.1) is 10.9 Å². The molecular formula is C16H19N3O5S. The van der Waals surface area contributed by atoms with E-state index in [-0.39, 0.29) is 10.6 Å². The molecule has 1 atom stereocenters. The zero-order valence-electron chi connectivity index (χ0n) is 14.3. The molecule has 0 bridgehead atoms. The monoisotopic (exact) mass is 365 g/mol. The Kier molecular flexibility index (Phi) is 4.98. The lowest BCUT2D eigenvalue weighted by molar-refractivity contribution is 0.0929. The van der Waals surface area contributed by atoms with E-state index in [0.29, 0.717) is 5.56 Å². The Bertz CT molecular complexity index is 1030. The van der Waals surface area contributed by atoms with Gasteiger partial charge in [0.25, 0.3) is 11.5 Å². The molecule has 0 fully saturated rings. The summed E-state index contributed by atoms with van der Waals surface area (Å²) >= 11 is 0. The van der Waals surface area contributed by atoms with Gasteiger partial charge in [-0.05, 0) is 24.6 Å². The zero-order valence-corrected chi connectivity index (χ0v) is 15.1. The minimum Gasteiger partial charge on any atom is -0.344 e. The number of hydrogen-bond acceptors (Lipinski definition) is 5. The predicted octanol–water partition coefficient (Wildman–Crippen LogP) is -0.0215. The van der Waals surface area contributed by atoms with Crippen LogP contribution in [0.5, 0.6) is 0 Å². The first-order valence-corrected chi connectivity index (χ1v) is 9.29. The molecule has 1 N–H and O–H groups in total. The summed E-state index contributed by atoms with van der Waals surface area (Å²) < 4.78 is 24.9. The van der Waals surface area contributed by atoms with Crippen molar-refractivity contribution in [2.75, 3.05) is 6.26 Å². The van der Waals surface area contributed by atoms with Gasteiger partial charge < -0.3 is 5.32 Å². The molecule has 2 rings (SSSR count). The molecule has 0 spiro atoms. The highest BCUT2D eigenvalue weighted by atomic mass is 32.2. The smallest absolute Gasteiger partial charge is 0.331 e. The fourth-order valence-electron chi connectivity index (χ4n) is 2.31. The second kappa shape index (κ2) is 6.67. The number of amides is 1. The Morgan fingerprint density at radius 3 is 2.16 bits per heavy atom. The Morgan fingerprint density at radius 1 is 1.08 bits per heavy atom. The van der Waals surface area contributed by atoms with Gasteiger partial charge in [0.1, 0.15) is 5.69 Å². The molecule has 0 aliphatic carbocycles. The lowest BCUT2D eigenvalue weighted by Gasteiger charge is -2.16. The van der Waals surface area contributed by atoms with Crippen LogP contribution in [0.1, 0.15) is 29.0 Å². The molecule has 1 heterocycles. The lowest BCUT2D eigenvalue weighted by atomic mass is 10.1. The summed E-state index contributed by atoms with van der Waals surface area (Å²) in [6, 6.07) is 6.77. The maximum atomic E-state index is 12.4. The second-order valence-corrected chi connectivity index (χ2v) is 7.82. The quantitative estimate of drug-likeness (QED) is 0.819. The van der Waals surface area contributed by atoms with Gasteiger partial charge in [-0.25, -0.2) is 13.2 Å². The maximum Gasteiger partial charge on any atom is 0.331 e. The van der Waals surface area contributed by atoms with Crippen molar-refractivity contribution in [3.8, 4) is 0 Å². The number of benzene rings is 1. The maximum absolute atomic E-state index is 12.4.